The molecule has 0 aromatic heterocycles. The van der Waals surface area contributed by atoms with E-state index >= 15 is 0 Å². The van der Waals surface area contributed by atoms with Gasteiger partial charge in [0, 0.05) is 24.5 Å². The van der Waals surface area contributed by atoms with E-state index in [4.69, 9.17) is 4.74 Å². The second-order valence-corrected chi connectivity index (χ2v) is 9.42. The van der Waals surface area contributed by atoms with Crippen LogP contribution in [-0.2, 0) is 19.3 Å². The van der Waals surface area contributed by atoms with Crippen LogP contribution in [0.5, 0.6) is 5.75 Å². The van der Waals surface area contributed by atoms with Gasteiger partial charge in [-0.2, -0.15) is 13.2 Å². The van der Waals surface area contributed by atoms with Crippen LogP contribution in [0.2, 0.25) is 0 Å². The van der Waals surface area contributed by atoms with Gasteiger partial charge in [0.2, 0.25) is 0 Å². The standard InChI is InChI=1S/C30H23F3N2O2/c1-19-5-4-7-25(29(36)37-24-12-10-23(11-13-24)30(31,32)33)28(19)20-9-14-27-22(15-20)17-35-18-34(27)16-21-6-2-3-8-26(21)35/h2-15H,16-18H2,1H3. The van der Waals surface area contributed by atoms with E-state index in [2.05, 4.69) is 46.2 Å². The molecule has 0 spiro atoms. The molecule has 4 nitrogen and oxygen atoms in total. The fraction of sp³-hybridized carbons (Fsp3) is 0.167. The molecule has 0 saturated carbocycles. The normalized spacial score (nSPS) is 14.2. The number of hydrogen-bond acceptors (Lipinski definition) is 4. The van der Waals surface area contributed by atoms with Crippen LogP contribution in [0.15, 0.2) is 84.9 Å². The lowest BCUT2D eigenvalue weighted by atomic mass is 9.92. The third-order valence-corrected chi connectivity index (χ3v) is 6.99. The van der Waals surface area contributed by atoms with E-state index in [-0.39, 0.29) is 5.75 Å². The number of rotatable bonds is 3. The molecule has 6 rings (SSSR count). The molecule has 186 valence electrons. The number of esters is 1. The van der Waals surface area contributed by atoms with E-state index in [9.17, 15) is 18.0 Å². The quantitative estimate of drug-likeness (QED) is 0.220. The lowest BCUT2D eigenvalue weighted by Gasteiger charge is -2.44. The molecule has 2 bridgehead atoms. The Morgan fingerprint density at radius 2 is 1.51 bits per heavy atom. The Balaban J connectivity index is 1.32. The van der Waals surface area contributed by atoms with Crippen molar-refractivity contribution in [3.8, 4) is 16.9 Å². The highest BCUT2D eigenvalue weighted by molar-refractivity contribution is 5.99. The Morgan fingerprint density at radius 1 is 0.811 bits per heavy atom. The number of carbonyl (C=O) groups is 1. The van der Waals surface area contributed by atoms with E-state index in [1.165, 1.54) is 22.5 Å². The third kappa shape index (κ3) is 4.20. The summed E-state index contributed by atoms with van der Waals surface area (Å²) < 4.78 is 44.1. The molecule has 2 aliphatic heterocycles. The average molecular weight is 501 g/mol. The Morgan fingerprint density at radius 3 is 2.27 bits per heavy atom. The average Bonchev–Trinajstić information content (AvgIpc) is 2.88. The SMILES string of the molecule is Cc1cccc(C(=O)Oc2ccc(C(F)(F)F)cc2)c1-c1ccc2c(c1)CN1CN2Cc2ccccc21. The minimum atomic E-state index is -4.45. The van der Waals surface area contributed by atoms with E-state index < -0.39 is 17.7 Å². The Kier molecular flexibility index (Phi) is 5.44. The molecule has 4 aromatic rings. The minimum Gasteiger partial charge on any atom is -0.423 e. The summed E-state index contributed by atoms with van der Waals surface area (Å²) >= 11 is 0. The fourth-order valence-electron chi connectivity index (χ4n) is 5.26. The van der Waals surface area contributed by atoms with Gasteiger partial charge in [-0.05, 0) is 83.3 Å². The van der Waals surface area contributed by atoms with Crippen molar-refractivity contribution in [3.05, 3.63) is 113 Å². The molecule has 0 atom stereocenters. The van der Waals surface area contributed by atoms with Gasteiger partial charge in [0.05, 0.1) is 17.8 Å². The highest BCUT2D eigenvalue weighted by atomic mass is 19.4. The molecule has 0 fully saturated rings. The maximum Gasteiger partial charge on any atom is 0.416 e. The van der Waals surface area contributed by atoms with Crippen LogP contribution in [0, 0.1) is 6.92 Å². The lowest BCUT2D eigenvalue weighted by Crippen LogP contribution is -2.46. The molecule has 4 aromatic carbocycles. The molecule has 0 N–H and O–H groups in total. The number of anilines is 2. The van der Waals surface area contributed by atoms with E-state index in [1.807, 2.05) is 19.1 Å². The number of halogens is 3. The second-order valence-electron chi connectivity index (χ2n) is 9.42. The predicted octanol–water partition coefficient (Wildman–Crippen LogP) is 7.20. The summed E-state index contributed by atoms with van der Waals surface area (Å²) in [5.74, 6) is -0.558. The maximum atomic E-state index is 13.2. The van der Waals surface area contributed by atoms with Crippen LogP contribution in [0.1, 0.15) is 32.6 Å². The van der Waals surface area contributed by atoms with Crippen molar-refractivity contribution < 1.29 is 22.7 Å². The zero-order chi connectivity index (χ0) is 25.7. The van der Waals surface area contributed by atoms with Crippen LogP contribution < -0.4 is 14.5 Å². The van der Waals surface area contributed by atoms with Gasteiger partial charge >= 0.3 is 12.1 Å². The van der Waals surface area contributed by atoms with Gasteiger partial charge in [0.25, 0.3) is 0 Å². The number of hydrogen-bond donors (Lipinski definition) is 0. The van der Waals surface area contributed by atoms with Crippen LogP contribution in [-0.4, -0.2) is 12.6 Å². The molecule has 2 heterocycles. The van der Waals surface area contributed by atoms with E-state index in [0.29, 0.717) is 5.56 Å². The van der Waals surface area contributed by atoms with Crippen LogP contribution >= 0.6 is 0 Å². The Hall–Kier alpha value is -4.26. The number of aryl methyl sites for hydroxylation is 1. The zero-order valence-corrected chi connectivity index (χ0v) is 20.0. The van der Waals surface area contributed by atoms with Crippen molar-refractivity contribution >= 4 is 17.3 Å². The first-order valence-corrected chi connectivity index (χ1v) is 12.0. The second kappa shape index (κ2) is 8.69. The number of para-hydroxylation sites is 1. The monoisotopic (exact) mass is 500 g/mol. The van der Waals surface area contributed by atoms with E-state index in [1.54, 1.807) is 12.1 Å². The first-order chi connectivity index (χ1) is 17.8. The van der Waals surface area contributed by atoms with Crippen molar-refractivity contribution in [3.63, 3.8) is 0 Å². The fourth-order valence-corrected chi connectivity index (χ4v) is 5.26. The first-order valence-electron chi connectivity index (χ1n) is 12.0. The molecule has 2 aliphatic rings. The lowest BCUT2D eigenvalue weighted by molar-refractivity contribution is -0.137. The van der Waals surface area contributed by atoms with Gasteiger partial charge in [-0.3, -0.25) is 0 Å². The topological polar surface area (TPSA) is 32.8 Å². The summed E-state index contributed by atoms with van der Waals surface area (Å²) in [6, 6.07) is 24.2. The molecular weight excluding hydrogens is 477 g/mol. The van der Waals surface area contributed by atoms with Crippen LogP contribution in [0.3, 0.4) is 0 Å². The Labute approximate surface area is 212 Å². The number of ether oxygens (including phenoxy) is 1. The van der Waals surface area contributed by atoms with Crippen LogP contribution in [0.25, 0.3) is 11.1 Å². The summed E-state index contributed by atoms with van der Waals surface area (Å²) in [6.07, 6.45) is -4.45. The highest BCUT2D eigenvalue weighted by Crippen LogP contribution is 2.40. The molecule has 37 heavy (non-hydrogen) atoms. The van der Waals surface area contributed by atoms with Crippen molar-refractivity contribution in [1.29, 1.82) is 0 Å². The van der Waals surface area contributed by atoms with Gasteiger partial charge in [0.15, 0.2) is 0 Å². The number of nitrogens with zero attached hydrogens (tertiary/aromatic N) is 2. The predicted molar refractivity (Wildman–Crippen MR) is 137 cm³/mol. The molecule has 0 unspecified atom stereocenters. The first kappa shape index (κ1) is 23.2. The van der Waals surface area contributed by atoms with Crippen molar-refractivity contribution in [2.75, 3.05) is 16.5 Å². The summed E-state index contributed by atoms with van der Waals surface area (Å²) in [5, 5.41) is 0. The minimum absolute atomic E-state index is 0.0583. The van der Waals surface area contributed by atoms with Crippen molar-refractivity contribution in [2.24, 2.45) is 0 Å². The van der Waals surface area contributed by atoms with Crippen LogP contribution in [0.4, 0.5) is 24.5 Å². The number of fused-ring (bicyclic) bond motifs is 6. The molecule has 0 saturated heterocycles. The summed E-state index contributed by atoms with van der Waals surface area (Å²) in [6.45, 7) is 4.36. The summed E-state index contributed by atoms with van der Waals surface area (Å²) in [4.78, 5) is 17.9. The number of alkyl halides is 3. The van der Waals surface area contributed by atoms with Gasteiger partial charge in [-0.1, -0.05) is 36.4 Å². The maximum absolute atomic E-state index is 13.2. The smallest absolute Gasteiger partial charge is 0.416 e. The van der Waals surface area contributed by atoms with E-state index in [0.717, 1.165) is 60.7 Å². The third-order valence-electron chi connectivity index (χ3n) is 6.99. The number of carbonyl (C=O) groups excluding carboxylic acids is 1. The largest absolute Gasteiger partial charge is 0.423 e. The molecule has 7 heteroatoms. The molecule has 0 radical (unpaired) electrons. The van der Waals surface area contributed by atoms with Crippen molar-refractivity contribution in [1.82, 2.24) is 0 Å². The van der Waals surface area contributed by atoms with Gasteiger partial charge in [0.1, 0.15) is 5.75 Å². The summed E-state index contributed by atoms with van der Waals surface area (Å²) in [5.41, 5.74) is 7.01. The zero-order valence-electron chi connectivity index (χ0n) is 20.0. The van der Waals surface area contributed by atoms with Crippen molar-refractivity contribution in [2.45, 2.75) is 26.2 Å². The van der Waals surface area contributed by atoms with Gasteiger partial charge in [-0.25, -0.2) is 4.79 Å². The molecule has 0 aliphatic carbocycles. The van der Waals surface area contributed by atoms with Gasteiger partial charge < -0.3 is 14.5 Å². The summed E-state index contributed by atoms with van der Waals surface area (Å²) in [7, 11) is 0. The number of benzene rings is 4. The Bertz CT molecular complexity index is 1510. The molecule has 0 amide bonds. The van der Waals surface area contributed by atoms with Gasteiger partial charge in [-0.15, -0.1) is 0 Å². The molecular formula is C30H23F3N2O2. The highest BCUT2D eigenvalue weighted by Gasteiger charge is 2.31.